The van der Waals surface area contributed by atoms with Gasteiger partial charge in [-0.15, -0.1) is 11.6 Å². The molecule has 0 amide bonds. The van der Waals surface area contributed by atoms with Crippen molar-refractivity contribution in [2.75, 3.05) is 13.2 Å². The van der Waals surface area contributed by atoms with Crippen molar-refractivity contribution in [1.82, 2.24) is 9.55 Å². The highest BCUT2D eigenvalue weighted by Crippen LogP contribution is 2.28. The second kappa shape index (κ2) is 5.70. The Morgan fingerprint density at radius 3 is 2.84 bits per heavy atom. The van der Waals surface area contributed by atoms with Crippen LogP contribution in [0.15, 0.2) is 18.2 Å². The molecule has 1 saturated heterocycles. The van der Waals surface area contributed by atoms with Crippen LogP contribution in [0.5, 0.6) is 0 Å². The molecule has 0 spiro atoms. The highest BCUT2D eigenvalue weighted by molar-refractivity contribution is 6.35. The Hall–Kier alpha value is -0.770. The van der Waals surface area contributed by atoms with Crippen molar-refractivity contribution in [2.45, 2.75) is 25.3 Å². The summed E-state index contributed by atoms with van der Waals surface area (Å²) in [4.78, 5) is 4.57. The molecular formula is C14H16Cl2N2O. The Bertz CT molecular complexity index is 576. The SMILES string of the molecule is ClCc1nc2cccc(Cl)c2n1CC1CCOCC1. The van der Waals surface area contributed by atoms with Gasteiger partial charge in [0, 0.05) is 19.8 Å². The summed E-state index contributed by atoms with van der Waals surface area (Å²) in [6.45, 7) is 2.62. The molecule has 3 rings (SSSR count). The van der Waals surface area contributed by atoms with Crippen molar-refractivity contribution in [3.8, 4) is 0 Å². The summed E-state index contributed by atoms with van der Waals surface area (Å²) in [7, 11) is 0. The first-order valence-electron chi connectivity index (χ1n) is 6.57. The van der Waals surface area contributed by atoms with Crippen molar-refractivity contribution in [3.63, 3.8) is 0 Å². The van der Waals surface area contributed by atoms with E-state index in [1.54, 1.807) is 0 Å². The third kappa shape index (κ3) is 2.60. The van der Waals surface area contributed by atoms with Gasteiger partial charge in [0.25, 0.3) is 0 Å². The number of nitrogens with zero attached hydrogens (tertiary/aromatic N) is 2. The Morgan fingerprint density at radius 2 is 2.11 bits per heavy atom. The molecule has 5 heteroatoms. The van der Waals surface area contributed by atoms with Gasteiger partial charge < -0.3 is 9.30 Å². The number of hydrogen-bond donors (Lipinski definition) is 0. The predicted molar refractivity (Wildman–Crippen MR) is 77.8 cm³/mol. The van der Waals surface area contributed by atoms with E-state index in [-0.39, 0.29) is 0 Å². The molecule has 2 aromatic rings. The van der Waals surface area contributed by atoms with Crippen LogP contribution < -0.4 is 0 Å². The number of hydrogen-bond acceptors (Lipinski definition) is 2. The maximum Gasteiger partial charge on any atom is 0.124 e. The molecule has 0 unspecified atom stereocenters. The number of alkyl halides is 1. The van der Waals surface area contributed by atoms with Gasteiger partial charge in [-0.05, 0) is 30.9 Å². The van der Waals surface area contributed by atoms with Gasteiger partial charge in [0.05, 0.1) is 21.9 Å². The first-order valence-corrected chi connectivity index (χ1v) is 7.48. The quantitative estimate of drug-likeness (QED) is 0.805. The molecule has 1 aromatic carbocycles. The number of fused-ring (bicyclic) bond motifs is 1. The fraction of sp³-hybridized carbons (Fsp3) is 0.500. The summed E-state index contributed by atoms with van der Waals surface area (Å²) in [5, 5.41) is 0.744. The number of para-hydroxylation sites is 1. The van der Waals surface area contributed by atoms with Crippen LogP contribution in [0.3, 0.4) is 0 Å². The number of ether oxygens (including phenoxy) is 1. The lowest BCUT2D eigenvalue weighted by Gasteiger charge is -2.23. The molecule has 2 heterocycles. The molecular weight excluding hydrogens is 283 g/mol. The third-order valence-corrected chi connectivity index (χ3v) is 4.24. The van der Waals surface area contributed by atoms with Crippen LogP contribution >= 0.6 is 23.2 Å². The Balaban J connectivity index is 2.00. The lowest BCUT2D eigenvalue weighted by atomic mass is 10.0. The van der Waals surface area contributed by atoms with Crippen molar-refractivity contribution in [3.05, 3.63) is 29.0 Å². The van der Waals surface area contributed by atoms with Crippen LogP contribution in [-0.2, 0) is 17.2 Å². The van der Waals surface area contributed by atoms with Crippen molar-refractivity contribution >= 4 is 34.2 Å². The minimum Gasteiger partial charge on any atom is -0.381 e. The third-order valence-electron chi connectivity index (χ3n) is 3.70. The minimum atomic E-state index is 0.411. The molecule has 0 radical (unpaired) electrons. The first-order chi connectivity index (χ1) is 9.29. The smallest absolute Gasteiger partial charge is 0.124 e. The minimum absolute atomic E-state index is 0.411. The lowest BCUT2D eigenvalue weighted by Crippen LogP contribution is -2.21. The molecule has 0 atom stereocenters. The Labute approximate surface area is 122 Å². The summed E-state index contributed by atoms with van der Waals surface area (Å²) in [6, 6.07) is 5.82. The maximum absolute atomic E-state index is 6.32. The first kappa shape index (κ1) is 13.2. The van der Waals surface area contributed by atoms with Gasteiger partial charge in [-0.1, -0.05) is 17.7 Å². The topological polar surface area (TPSA) is 27.1 Å². The molecule has 3 nitrogen and oxygen atoms in total. The molecule has 1 aliphatic rings. The zero-order chi connectivity index (χ0) is 13.2. The van der Waals surface area contributed by atoms with E-state index in [4.69, 9.17) is 27.9 Å². The summed E-state index contributed by atoms with van der Waals surface area (Å²) in [5.74, 6) is 1.93. The summed E-state index contributed by atoms with van der Waals surface area (Å²) in [6.07, 6.45) is 2.18. The van der Waals surface area contributed by atoms with Gasteiger partial charge in [-0.3, -0.25) is 0 Å². The van der Waals surface area contributed by atoms with Crippen LogP contribution in [0.2, 0.25) is 5.02 Å². The van der Waals surface area contributed by atoms with E-state index in [0.717, 1.165) is 54.5 Å². The van der Waals surface area contributed by atoms with Crippen LogP contribution in [-0.4, -0.2) is 22.8 Å². The van der Waals surface area contributed by atoms with E-state index in [1.807, 2.05) is 18.2 Å². The lowest BCUT2D eigenvalue weighted by molar-refractivity contribution is 0.0614. The number of benzene rings is 1. The van der Waals surface area contributed by atoms with Crippen LogP contribution in [0.1, 0.15) is 18.7 Å². The standard InChI is InChI=1S/C14H16Cl2N2O/c15-8-13-17-12-3-1-2-11(16)14(12)18(13)9-10-4-6-19-7-5-10/h1-3,10H,4-9H2. The summed E-state index contributed by atoms with van der Waals surface area (Å²) >= 11 is 12.3. The van der Waals surface area contributed by atoms with Crippen molar-refractivity contribution in [1.29, 1.82) is 0 Å². The maximum atomic E-state index is 6.32. The molecule has 0 saturated carbocycles. The monoisotopic (exact) mass is 298 g/mol. The van der Waals surface area contributed by atoms with Crippen LogP contribution in [0.25, 0.3) is 11.0 Å². The van der Waals surface area contributed by atoms with Crippen LogP contribution in [0.4, 0.5) is 0 Å². The number of halogens is 2. The molecule has 0 N–H and O–H groups in total. The van der Waals surface area contributed by atoms with E-state index < -0.39 is 0 Å². The Kier molecular flexibility index (Phi) is 3.96. The van der Waals surface area contributed by atoms with Gasteiger partial charge in [0.15, 0.2) is 0 Å². The predicted octanol–water partition coefficient (Wildman–Crippen LogP) is 3.86. The second-order valence-electron chi connectivity index (χ2n) is 4.94. The van der Waals surface area contributed by atoms with Crippen molar-refractivity contribution < 1.29 is 4.74 Å². The average Bonchev–Trinajstić information content (AvgIpc) is 2.79. The van der Waals surface area contributed by atoms with Gasteiger partial charge in [0.1, 0.15) is 5.82 Å². The van der Waals surface area contributed by atoms with E-state index in [0.29, 0.717) is 11.8 Å². The molecule has 102 valence electrons. The zero-order valence-electron chi connectivity index (χ0n) is 10.6. The molecule has 1 aliphatic heterocycles. The largest absolute Gasteiger partial charge is 0.381 e. The normalized spacial score (nSPS) is 17.2. The molecule has 0 aliphatic carbocycles. The fourth-order valence-electron chi connectivity index (χ4n) is 2.68. The second-order valence-corrected chi connectivity index (χ2v) is 5.61. The number of rotatable bonds is 3. The zero-order valence-corrected chi connectivity index (χ0v) is 12.1. The molecule has 19 heavy (non-hydrogen) atoms. The van der Waals surface area contributed by atoms with Crippen LogP contribution in [0, 0.1) is 5.92 Å². The average molecular weight is 299 g/mol. The van der Waals surface area contributed by atoms with Gasteiger partial charge in [0.2, 0.25) is 0 Å². The van der Waals surface area contributed by atoms with Gasteiger partial charge >= 0.3 is 0 Å². The van der Waals surface area contributed by atoms with Gasteiger partial charge in [-0.25, -0.2) is 4.98 Å². The summed E-state index contributed by atoms with van der Waals surface area (Å²) in [5.41, 5.74) is 1.93. The highest BCUT2D eigenvalue weighted by atomic mass is 35.5. The highest BCUT2D eigenvalue weighted by Gasteiger charge is 2.19. The number of aromatic nitrogens is 2. The Morgan fingerprint density at radius 1 is 1.32 bits per heavy atom. The van der Waals surface area contributed by atoms with E-state index in [9.17, 15) is 0 Å². The van der Waals surface area contributed by atoms with E-state index in [2.05, 4.69) is 9.55 Å². The van der Waals surface area contributed by atoms with E-state index in [1.165, 1.54) is 0 Å². The van der Waals surface area contributed by atoms with E-state index >= 15 is 0 Å². The summed E-state index contributed by atoms with van der Waals surface area (Å²) < 4.78 is 7.59. The fourth-order valence-corrected chi connectivity index (χ4v) is 3.15. The van der Waals surface area contributed by atoms with Gasteiger partial charge in [-0.2, -0.15) is 0 Å². The molecule has 1 fully saturated rings. The molecule has 0 bridgehead atoms. The van der Waals surface area contributed by atoms with Crippen molar-refractivity contribution in [2.24, 2.45) is 5.92 Å². The molecule has 1 aromatic heterocycles. The number of imidazole rings is 1.